The molecule has 0 amide bonds. The van der Waals surface area contributed by atoms with Gasteiger partial charge in [-0.15, -0.1) is 0 Å². The fraction of sp³-hybridized carbons (Fsp3) is 0.457. The summed E-state index contributed by atoms with van der Waals surface area (Å²) in [5, 5.41) is 0.0814. The summed E-state index contributed by atoms with van der Waals surface area (Å²) in [5.41, 5.74) is 2.20. The number of hydrogen-bond acceptors (Lipinski definition) is 5. The third-order valence-electron chi connectivity index (χ3n) is 7.04. The standard InChI is InChI=1S/C35H46O4S/c1-4-6-7-8-9-16-26-38-27-33(40-34(36)17-5-2)28-39-35(29-18-12-10-13-19-29,30-20-14-11-15-21-30)31-22-24-32(37-3)25-23-31/h10-15,18-25,33H,4-9,16-17,26-28H2,1-3H3/t33-/m1/s1. The van der Waals surface area contributed by atoms with E-state index < -0.39 is 5.60 Å². The van der Waals surface area contributed by atoms with E-state index in [4.69, 9.17) is 14.2 Å². The van der Waals surface area contributed by atoms with Gasteiger partial charge in [-0.3, -0.25) is 4.79 Å². The van der Waals surface area contributed by atoms with Gasteiger partial charge in [0, 0.05) is 13.0 Å². The molecule has 3 aromatic carbocycles. The summed E-state index contributed by atoms with van der Waals surface area (Å²) in [5.74, 6) is 0.792. The Labute approximate surface area is 245 Å². The molecule has 0 aliphatic carbocycles. The maximum atomic E-state index is 12.7. The Balaban J connectivity index is 1.86. The molecular formula is C35H46O4S. The summed E-state index contributed by atoms with van der Waals surface area (Å²) in [6.45, 7) is 5.84. The van der Waals surface area contributed by atoms with Crippen molar-refractivity contribution in [3.05, 3.63) is 102 Å². The largest absolute Gasteiger partial charge is 0.497 e. The van der Waals surface area contributed by atoms with Gasteiger partial charge in [0.15, 0.2) is 5.12 Å². The lowest BCUT2D eigenvalue weighted by Gasteiger charge is -2.37. The van der Waals surface area contributed by atoms with E-state index in [2.05, 4.69) is 43.3 Å². The van der Waals surface area contributed by atoms with Crippen molar-refractivity contribution in [3.63, 3.8) is 0 Å². The predicted molar refractivity (Wildman–Crippen MR) is 167 cm³/mol. The van der Waals surface area contributed by atoms with E-state index in [0.717, 1.165) is 35.3 Å². The van der Waals surface area contributed by atoms with Crippen LogP contribution < -0.4 is 4.74 Å². The van der Waals surface area contributed by atoms with E-state index in [1.54, 1.807) is 7.11 Å². The highest BCUT2D eigenvalue weighted by Gasteiger charge is 2.38. The molecule has 3 aromatic rings. The maximum absolute atomic E-state index is 12.7. The summed E-state index contributed by atoms with van der Waals surface area (Å²) in [6.07, 6.45) is 8.73. The molecule has 0 heterocycles. The van der Waals surface area contributed by atoms with Crippen molar-refractivity contribution in [2.24, 2.45) is 0 Å². The molecule has 3 rings (SSSR count). The first-order valence-corrected chi connectivity index (χ1v) is 15.7. The predicted octanol–water partition coefficient (Wildman–Crippen LogP) is 8.81. The van der Waals surface area contributed by atoms with Gasteiger partial charge < -0.3 is 14.2 Å². The molecule has 0 saturated carbocycles. The number of carbonyl (C=O) groups is 1. The lowest BCUT2D eigenvalue weighted by molar-refractivity contribution is -0.111. The molecule has 0 radical (unpaired) electrons. The number of rotatable bonds is 19. The second kappa shape index (κ2) is 18.0. The van der Waals surface area contributed by atoms with Gasteiger partial charge in [-0.05, 0) is 41.7 Å². The molecule has 0 unspecified atom stereocenters. The molecule has 216 valence electrons. The zero-order chi connectivity index (χ0) is 28.5. The number of hydrogen-bond donors (Lipinski definition) is 0. The average molecular weight is 563 g/mol. The summed E-state index contributed by atoms with van der Waals surface area (Å²) >= 11 is 1.37. The van der Waals surface area contributed by atoms with Crippen molar-refractivity contribution in [3.8, 4) is 5.75 Å². The van der Waals surface area contributed by atoms with Crippen LogP contribution in [0.2, 0.25) is 0 Å². The number of thioether (sulfide) groups is 1. The van der Waals surface area contributed by atoms with E-state index in [-0.39, 0.29) is 10.4 Å². The molecule has 0 aliphatic rings. The smallest absolute Gasteiger partial charge is 0.189 e. The van der Waals surface area contributed by atoms with Crippen molar-refractivity contribution in [2.75, 3.05) is 26.9 Å². The maximum Gasteiger partial charge on any atom is 0.189 e. The number of carbonyl (C=O) groups excluding carboxylic acids is 1. The minimum atomic E-state index is -0.860. The van der Waals surface area contributed by atoms with Crippen molar-refractivity contribution < 1.29 is 19.0 Å². The molecule has 0 aliphatic heterocycles. The van der Waals surface area contributed by atoms with Crippen LogP contribution in [0, 0.1) is 0 Å². The number of unbranched alkanes of at least 4 members (excludes halogenated alkanes) is 5. The zero-order valence-electron chi connectivity index (χ0n) is 24.5. The fourth-order valence-electron chi connectivity index (χ4n) is 4.90. The minimum Gasteiger partial charge on any atom is -0.497 e. The van der Waals surface area contributed by atoms with Crippen LogP contribution >= 0.6 is 11.8 Å². The summed E-state index contributed by atoms with van der Waals surface area (Å²) < 4.78 is 18.6. The molecule has 0 N–H and O–H groups in total. The first kappa shape index (κ1) is 31.9. The highest BCUT2D eigenvalue weighted by Crippen LogP contribution is 2.41. The molecular weight excluding hydrogens is 516 g/mol. The zero-order valence-corrected chi connectivity index (χ0v) is 25.3. The molecule has 40 heavy (non-hydrogen) atoms. The van der Waals surface area contributed by atoms with Gasteiger partial charge in [-0.1, -0.05) is 131 Å². The van der Waals surface area contributed by atoms with E-state index >= 15 is 0 Å². The normalized spacial score (nSPS) is 12.3. The SMILES string of the molecule is CCCCCCCCOC[C@H](COC(c1ccccc1)(c1ccccc1)c1ccc(OC)cc1)SC(=O)CCC. The van der Waals surface area contributed by atoms with E-state index in [1.165, 1.54) is 43.9 Å². The molecule has 4 nitrogen and oxygen atoms in total. The molecule has 0 aromatic heterocycles. The lowest BCUT2D eigenvalue weighted by atomic mass is 9.80. The van der Waals surface area contributed by atoms with Crippen molar-refractivity contribution in [2.45, 2.75) is 76.1 Å². The summed E-state index contributed by atoms with van der Waals surface area (Å²) in [7, 11) is 1.67. The van der Waals surface area contributed by atoms with Crippen LogP contribution in [0.3, 0.4) is 0 Å². The van der Waals surface area contributed by atoms with Crippen molar-refractivity contribution in [1.82, 2.24) is 0 Å². The molecule has 1 atom stereocenters. The molecule has 0 bridgehead atoms. The monoisotopic (exact) mass is 562 g/mol. The first-order valence-electron chi connectivity index (χ1n) is 14.8. The number of ether oxygens (including phenoxy) is 3. The van der Waals surface area contributed by atoms with Gasteiger partial charge in [0.2, 0.25) is 0 Å². The molecule has 5 heteroatoms. The van der Waals surface area contributed by atoms with Crippen LogP contribution in [-0.4, -0.2) is 37.3 Å². The van der Waals surface area contributed by atoms with Crippen molar-refractivity contribution in [1.29, 1.82) is 0 Å². The Kier molecular flexibility index (Phi) is 14.3. The lowest BCUT2D eigenvalue weighted by Crippen LogP contribution is -2.36. The van der Waals surface area contributed by atoms with Crippen LogP contribution in [0.25, 0.3) is 0 Å². The Morgan fingerprint density at radius 1 is 0.725 bits per heavy atom. The van der Waals surface area contributed by atoms with Gasteiger partial charge in [0.1, 0.15) is 11.4 Å². The molecule has 0 spiro atoms. The van der Waals surface area contributed by atoms with Gasteiger partial charge >= 0.3 is 0 Å². The Morgan fingerprint density at radius 3 is 1.88 bits per heavy atom. The van der Waals surface area contributed by atoms with Gasteiger partial charge in [-0.2, -0.15) is 0 Å². The third-order valence-corrected chi connectivity index (χ3v) is 8.11. The molecule has 0 saturated heterocycles. The highest BCUT2D eigenvalue weighted by molar-refractivity contribution is 8.14. The number of methoxy groups -OCH3 is 1. The highest BCUT2D eigenvalue weighted by atomic mass is 32.2. The third kappa shape index (κ3) is 9.50. The Bertz CT molecular complexity index is 1050. The van der Waals surface area contributed by atoms with Gasteiger partial charge in [0.25, 0.3) is 0 Å². The van der Waals surface area contributed by atoms with Crippen molar-refractivity contribution >= 4 is 16.9 Å². The van der Waals surface area contributed by atoms with Gasteiger partial charge in [0.05, 0.1) is 25.6 Å². The van der Waals surface area contributed by atoms with Crippen LogP contribution in [0.4, 0.5) is 0 Å². The van der Waals surface area contributed by atoms with Crippen LogP contribution in [0.1, 0.15) is 81.9 Å². The number of benzene rings is 3. The minimum absolute atomic E-state index is 0.107. The Morgan fingerprint density at radius 2 is 1.30 bits per heavy atom. The van der Waals surface area contributed by atoms with Crippen LogP contribution in [0.5, 0.6) is 5.75 Å². The summed E-state index contributed by atoms with van der Waals surface area (Å²) in [6, 6.07) is 28.7. The van der Waals surface area contributed by atoms with Crippen LogP contribution in [-0.2, 0) is 19.9 Å². The van der Waals surface area contributed by atoms with E-state index in [9.17, 15) is 4.79 Å². The van der Waals surface area contributed by atoms with E-state index in [0.29, 0.717) is 26.2 Å². The second-order valence-electron chi connectivity index (χ2n) is 10.2. The van der Waals surface area contributed by atoms with Crippen LogP contribution in [0.15, 0.2) is 84.9 Å². The Hall–Kier alpha value is -2.60. The quantitative estimate of drug-likeness (QED) is 0.108. The van der Waals surface area contributed by atoms with Gasteiger partial charge in [-0.25, -0.2) is 0 Å². The first-order chi connectivity index (χ1) is 19.6. The fourth-order valence-corrected chi connectivity index (χ4v) is 5.90. The summed E-state index contributed by atoms with van der Waals surface area (Å²) in [4.78, 5) is 12.7. The average Bonchev–Trinajstić information content (AvgIpc) is 3.00. The molecule has 0 fully saturated rings. The second-order valence-corrected chi connectivity index (χ2v) is 11.5. The van der Waals surface area contributed by atoms with E-state index in [1.807, 2.05) is 55.5 Å². The topological polar surface area (TPSA) is 44.8 Å².